The van der Waals surface area contributed by atoms with Gasteiger partial charge in [0.1, 0.15) is 11.4 Å². The van der Waals surface area contributed by atoms with Gasteiger partial charge >= 0.3 is 0 Å². The van der Waals surface area contributed by atoms with Crippen LogP contribution in [0.5, 0.6) is 0 Å². The number of para-hydroxylation sites is 1. The average Bonchev–Trinajstić information content (AvgIpc) is 2.49. The Morgan fingerprint density at radius 1 is 1.19 bits per heavy atom. The van der Waals surface area contributed by atoms with E-state index in [1.165, 1.54) is 6.07 Å². The molecule has 5 nitrogen and oxygen atoms in total. The molecule has 1 aromatic carbocycles. The van der Waals surface area contributed by atoms with Crippen LogP contribution in [-0.4, -0.2) is 10.9 Å². The van der Waals surface area contributed by atoms with E-state index in [-0.39, 0.29) is 11.2 Å². The fraction of sp³-hybridized carbons (Fsp3) is 0.0625. The zero-order valence-electron chi connectivity index (χ0n) is 11.3. The molecule has 0 saturated carbocycles. The number of hydrogen-bond donors (Lipinski definition) is 1. The lowest BCUT2D eigenvalue weighted by molar-refractivity contribution is 0.0997. The van der Waals surface area contributed by atoms with Gasteiger partial charge in [-0.3, -0.25) is 9.59 Å². The number of aryl methyl sites for hydroxylation is 1. The van der Waals surface area contributed by atoms with Crippen molar-refractivity contribution in [1.29, 1.82) is 0 Å². The first kappa shape index (κ1) is 13.1. The number of benzene rings is 1. The van der Waals surface area contributed by atoms with Crippen LogP contribution in [0.4, 0.5) is 5.82 Å². The van der Waals surface area contributed by atoms with E-state index in [1.54, 1.807) is 36.5 Å². The van der Waals surface area contributed by atoms with E-state index in [0.29, 0.717) is 16.8 Å². The molecule has 0 spiro atoms. The predicted molar refractivity (Wildman–Crippen MR) is 79.4 cm³/mol. The van der Waals surface area contributed by atoms with Gasteiger partial charge < -0.3 is 9.73 Å². The molecule has 0 saturated heterocycles. The third-order valence-corrected chi connectivity index (χ3v) is 3.01. The van der Waals surface area contributed by atoms with E-state index in [0.717, 1.165) is 5.56 Å². The van der Waals surface area contributed by atoms with Gasteiger partial charge in [-0.05, 0) is 30.7 Å². The van der Waals surface area contributed by atoms with Crippen LogP contribution in [-0.2, 0) is 0 Å². The summed E-state index contributed by atoms with van der Waals surface area (Å²) in [6.45, 7) is 1.90. The van der Waals surface area contributed by atoms with Gasteiger partial charge in [0, 0.05) is 12.3 Å². The first-order valence-corrected chi connectivity index (χ1v) is 6.40. The van der Waals surface area contributed by atoms with Crippen LogP contribution in [0.15, 0.2) is 57.9 Å². The monoisotopic (exact) mass is 280 g/mol. The summed E-state index contributed by atoms with van der Waals surface area (Å²) in [4.78, 5) is 28.1. The third-order valence-electron chi connectivity index (χ3n) is 3.01. The summed E-state index contributed by atoms with van der Waals surface area (Å²) < 4.78 is 5.46. The molecule has 0 aliphatic carbocycles. The molecule has 0 unspecified atom stereocenters. The van der Waals surface area contributed by atoms with Gasteiger partial charge in [0.05, 0.1) is 5.39 Å². The number of hydrogen-bond acceptors (Lipinski definition) is 4. The minimum absolute atomic E-state index is 0.0407. The number of carbonyl (C=O) groups is 1. The lowest BCUT2D eigenvalue weighted by Gasteiger charge is -2.04. The molecule has 2 heterocycles. The number of carbonyl (C=O) groups excluding carboxylic acids is 1. The zero-order chi connectivity index (χ0) is 14.8. The molecule has 1 amide bonds. The topological polar surface area (TPSA) is 72.2 Å². The molecule has 104 valence electrons. The van der Waals surface area contributed by atoms with Crippen molar-refractivity contribution in [1.82, 2.24) is 4.98 Å². The van der Waals surface area contributed by atoms with Gasteiger partial charge in [0.25, 0.3) is 5.91 Å². The maximum Gasteiger partial charge on any atom is 0.292 e. The zero-order valence-corrected chi connectivity index (χ0v) is 11.3. The van der Waals surface area contributed by atoms with Gasteiger partial charge in [-0.2, -0.15) is 0 Å². The van der Waals surface area contributed by atoms with E-state index in [9.17, 15) is 9.59 Å². The van der Waals surface area contributed by atoms with Crippen LogP contribution in [0.3, 0.4) is 0 Å². The van der Waals surface area contributed by atoms with E-state index < -0.39 is 5.91 Å². The molecule has 0 radical (unpaired) electrons. The van der Waals surface area contributed by atoms with Gasteiger partial charge in [-0.25, -0.2) is 4.98 Å². The van der Waals surface area contributed by atoms with Crippen molar-refractivity contribution in [3.8, 4) is 0 Å². The third kappa shape index (κ3) is 2.67. The minimum atomic E-state index is -0.505. The predicted octanol–water partition coefficient (Wildman–Crippen LogP) is 2.75. The van der Waals surface area contributed by atoms with Crippen LogP contribution in [0.25, 0.3) is 11.0 Å². The summed E-state index contributed by atoms with van der Waals surface area (Å²) in [6, 6.07) is 11.5. The Kier molecular flexibility index (Phi) is 3.23. The number of anilines is 1. The highest BCUT2D eigenvalue weighted by Gasteiger charge is 2.12. The largest absolute Gasteiger partial charge is 0.451 e. The second-order valence-electron chi connectivity index (χ2n) is 4.65. The van der Waals surface area contributed by atoms with Gasteiger partial charge in [-0.15, -0.1) is 0 Å². The normalized spacial score (nSPS) is 10.5. The summed E-state index contributed by atoms with van der Waals surface area (Å²) in [5, 5.41) is 3.04. The minimum Gasteiger partial charge on any atom is -0.451 e. The van der Waals surface area contributed by atoms with Crippen molar-refractivity contribution >= 4 is 22.7 Å². The molecule has 0 aliphatic rings. The molecular formula is C16H12N2O3. The fourth-order valence-electron chi connectivity index (χ4n) is 1.94. The Balaban J connectivity index is 1.94. The highest BCUT2D eigenvalue weighted by molar-refractivity contribution is 6.02. The van der Waals surface area contributed by atoms with Crippen molar-refractivity contribution in [3.63, 3.8) is 0 Å². The molecule has 0 bridgehead atoms. The van der Waals surface area contributed by atoms with Crippen molar-refractivity contribution < 1.29 is 9.21 Å². The summed E-state index contributed by atoms with van der Waals surface area (Å²) in [7, 11) is 0. The van der Waals surface area contributed by atoms with Gasteiger partial charge in [0.2, 0.25) is 0 Å². The number of fused-ring (bicyclic) bond motifs is 1. The Morgan fingerprint density at radius 3 is 2.76 bits per heavy atom. The number of nitrogens with one attached hydrogen (secondary N) is 1. The smallest absolute Gasteiger partial charge is 0.292 e. The van der Waals surface area contributed by atoms with Crippen LogP contribution in [0.2, 0.25) is 0 Å². The molecule has 0 atom stereocenters. The molecule has 21 heavy (non-hydrogen) atoms. The summed E-state index contributed by atoms with van der Waals surface area (Å²) in [6.07, 6.45) is 1.65. The molecule has 5 heteroatoms. The van der Waals surface area contributed by atoms with Crippen molar-refractivity contribution in [3.05, 3.63) is 70.2 Å². The highest BCUT2D eigenvalue weighted by atomic mass is 16.3. The molecule has 3 aromatic rings. The van der Waals surface area contributed by atoms with E-state index >= 15 is 0 Å². The van der Waals surface area contributed by atoms with Crippen molar-refractivity contribution in [2.75, 3.05) is 5.32 Å². The van der Waals surface area contributed by atoms with E-state index in [2.05, 4.69) is 10.3 Å². The molecule has 3 rings (SSSR count). The molecular weight excluding hydrogens is 268 g/mol. The SMILES string of the molecule is Cc1ccc(NC(=O)c2cc(=O)c3ccccc3o2)nc1. The summed E-state index contributed by atoms with van der Waals surface area (Å²) in [5.74, 6) is -0.142. The number of amides is 1. The quantitative estimate of drug-likeness (QED) is 0.783. The Hall–Kier alpha value is -2.95. The van der Waals surface area contributed by atoms with Gasteiger partial charge in [0.15, 0.2) is 11.2 Å². The molecule has 0 fully saturated rings. The summed E-state index contributed by atoms with van der Waals surface area (Å²) in [5.41, 5.74) is 1.12. The summed E-state index contributed by atoms with van der Waals surface area (Å²) >= 11 is 0. The van der Waals surface area contributed by atoms with E-state index in [4.69, 9.17) is 4.42 Å². The highest BCUT2D eigenvalue weighted by Crippen LogP contribution is 2.13. The lowest BCUT2D eigenvalue weighted by atomic mass is 10.2. The molecule has 1 N–H and O–H groups in total. The first-order valence-electron chi connectivity index (χ1n) is 6.40. The Morgan fingerprint density at radius 2 is 2.00 bits per heavy atom. The fourth-order valence-corrected chi connectivity index (χ4v) is 1.94. The van der Waals surface area contributed by atoms with Crippen LogP contribution in [0, 0.1) is 6.92 Å². The maximum absolute atomic E-state index is 12.1. The van der Waals surface area contributed by atoms with Crippen LogP contribution >= 0.6 is 0 Å². The van der Waals surface area contributed by atoms with E-state index in [1.807, 2.05) is 13.0 Å². The molecule has 2 aromatic heterocycles. The standard InChI is InChI=1S/C16H12N2O3/c1-10-6-7-15(17-9-10)18-16(20)14-8-12(19)11-4-2-3-5-13(11)21-14/h2-9H,1H3,(H,17,18,20). The van der Waals surface area contributed by atoms with Crippen LogP contribution in [0.1, 0.15) is 16.1 Å². The van der Waals surface area contributed by atoms with Crippen molar-refractivity contribution in [2.45, 2.75) is 6.92 Å². The Bertz CT molecular complexity index is 867. The number of pyridine rings is 1. The first-order chi connectivity index (χ1) is 10.1. The van der Waals surface area contributed by atoms with Crippen LogP contribution < -0.4 is 10.7 Å². The second kappa shape index (κ2) is 5.20. The number of rotatable bonds is 2. The Labute approximate surface area is 120 Å². The number of aromatic nitrogens is 1. The van der Waals surface area contributed by atoms with Gasteiger partial charge in [-0.1, -0.05) is 18.2 Å². The molecule has 0 aliphatic heterocycles. The number of nitrogens with zero attached hydrogens (tertiary/aromatic N) is 1. The van der Waals surface area contributed by atoms with Crippen molar-refractivity contribution in [2.24, 2.45) is 0 Å². The lowest BCUT2D eigenvalue weighted by Crippen LogP contribution is -2.15. The maximum atomic E-state index is 12.1. The average molecular weight is 280 g/mol. The second-order valence-corrected chi connectivity index (χ2v) is 4.65.